The molecule has 0 radical (unpaired) electrons. The molecule has 4 rings (SSSR count). The number of rotatable bonds is 5. The molecule has 0 fully saturated rings. The Morgan fingerprint density at radius 2 is 1.37 bits per heavy atom. The normalized spacial score (nSPS) is 12.6. The fourth-order valence-corrected chi connectivity index (χ4v) is 3.69. The summed E-state index contributed by atoms with van der Waals surface area (Å²) in [6.45, 7) is 4.14. The van der Waals surface area contributed by atoms with Crippen molar-refractivity contribution in [3.05, 3.63) is 95.6 Å². The number of carboxylic acids is 1. The van der Waals surface area contributed by atoms with Crippen LogP contribution in [0, 0.1) is 0 Å². The summed E-state index contributed by atoms with van der Waals surface area (Å²) in [5, 5.41) is 11.9. The predicted molar refractivity (Wildman–Crippen MR) is 116 cm³/mol. The van der Waals surface area contributed by atoms with Gasteiger partial charge in [-0.25, -0.2) is 9.59 Å². The third kappa shape index (κ3) is 4.35. The van der Waals surface area contributed by atoms with Crippen molar-refractivity contribution in [2.45, 2.75) is 25.8 Å². The van der Waals surface area contributed by atoms with Gasteiger partial charge in [-0.1, -0.05) is 92.7 Å². The first-order valence-electron chi connectivity index (χ1n) is 10.0. The highest BCUT2D eigenvalue weighted by Gasteiger charge is 2.30. The fourth-order valence-electron chi connectivity index (χ4n) is 3.69. The SMILES string of the molecule is CC.O=C(NC(C(=O)O)c1ccccc1)OCC1c2ccccc2-c2ccccc21. The first-order chi connectivity index (χ1) is 14.6. The molecule has 1 atom stereocenters. The maximum Gasteiger partial charge on any atom is 0.408 e. The highest BCUT2D eigenvalue weighted by Crippen LogP contribution is 2.44. The molecule has 2 N–H and O–H groups in total. The molecule has 1 aliphatic carbocycles. The number of carbonyl (C=O) groups excluding carboxylic acids is 1. The fraction of sp³-hybridized carbons (Fsp3) is 0.200. The number of carbonyl (C=O) groups is 2. The van der Waals surface area contributed by atoms with Crippen LogP contribution in [0.1, 0.15) is 42.5 Å². The van der Waals surface area contributed by atoms with Gasteiger partial charge in [-0.15, -0.1) is 0 Å². The van der Waals surface area contributed by atoms with Crippen molar-refractivity contribution >= 4 is 12.1 Å². The average molecular weight is 403 g/mol. The Bertz CT molecular complexity index is 971. The maximum atomic E-state index is 12.3. The van der Waals surface area contributed by atoms with Crippen LogP contribution in [0.2, 0.25) is 0 Å². The van der Waals surface area contributed by atoms with Gasteiger partial charge in [0.05, 0.1) is 0 Å². The van der Waals surface area contributed by atoms with Gasteiger partial charge in [0.25, 0.3) is 0 Å². The highest BCUT2D eigenvalue weighted by atomic mass is 16.5. The minimum atomic E-state index is -1.16. The molecule has 154 valence electrons. The first-order valence-corrected chi connectivity index (χ1v) is 10.0. The molecule has 0 saturated carbocycles. The van der Waals surface area contributed by atoms with Gasteiger partial charge in [0.1, 0.15) is 6.61 Å². The summed E-state index contributed by atoms with van der Waals surface area (Å²) in [4.78, 5) is 23.9. The van der Waals surface area contributed by atoms with E-state index in [1.54, 1.807) is 30.3 Å². The summed E-state index contributed by atoms with van der Waals surface area (Å²) in [7, 11) is 0. The van der Waals surface area contributed by atoms with Crippen LogP contribution in [-0.4, -0.2) is 23.8 Å². The molecule has 5 nitrogen and oxygen atoms in total. The van der Waals surface area contributed by atoms with Crippen LogP contribution in [0.5, 0.6) is 0 Å². The maximum absolute atomic E-state index is 12.3. The van der Waals surface area contributed by atoms with Crippen molar-refractivity contribution in [2.75, 3.05) is 6.61 Å². The van der Waals surface area contributed by atoms with Gasteiger partial charge in [0.2, 0.25) is 0 Å². The second kappa shape index (κ2) is 9.74. The molecule has 0 aromatic heterocycles. The molecule has 3 aromatic carbocycles. The molecule has 1 aliphatic rings. The molecular weight excluding hydrogens is 378 g/mol. The lowest BCUT2D eigenvalue weighted by molar-refractivity contribution is -0.139. The second-order valence-corrected chi connectivity index (χ2v) is 6.65. The van der Waals surface area contributed by atoms with Crippen LogP contribution in [0.15, 0.2) is 78.9 Å². The van der Waals surface area contributed by atoms with E-state index in [9.17, 15) is 14.7 Å². The van der Waals surface area contributed by atoms with Crippen molar-refractivity contribution in [3.63, 3.8) is 0 Å². The standard InChI is InChI=1S/C23H19NO4.C2H6/c25-22(26)21(15-8-2-1-3-9-15)24-23(27)28-14-20-18-12-6-4-10-16(18)17-11-5-7-13-19(17)20;1-2/h1-13,20-21H,14H2,(H,24,27)(H,25,26);1-2H3. The van der Waals surface area contributed by atoms with Crippen molar-refractivity contribution in [2.24, 2.45) is 0 Å². The van der Waals surface area contributed by atoms with E-state index in [0.717, 1.165) is 22.3 Å². The molecule has 0 heterocycles. The Labute approximate surface area is 176 Å². The Morgan fingerprint density at radius 3 is 1.90 bits per heavy atom. The minimum Gasteiger partial charge on any atom is -0.479 e. The first kappa shape index (κ1) is 21.1. The van der Waals surface area contributed by atoms with Crippen LogP contribution in [-0.2, 0) is 9.53 Å². The highest BCUT2D eigenvalue weighted by molar-refractivity contribution is 5.82. The molecule has 0 bridgehead atoms. The van der Waals surface area contributed by atoms with Crippen LogP contribution in [0.3, 0.4) is 0 Å². The summed E-state index contributed by atoms with van der Waals surface area (Å²) < 4.78 is 5.43. The molecule has 0 aliphatic heterocycles. The molecule has 3 aromatic rings. The van der Waals surface area contributed by atoms with Gasteiger partial charge in [0, 0.05) is 5.92 Å². The molecule has 1 amide bonds. The number of aliphatic carboxylic acids is 1. The molecule has 0 spiro atoms. The number of ether oxygens (including phenoxy) is 1. The molecular formula is C25H25NO4. The molecule has 30 heavy (non-hydrogen) atoms. The molecule has 1 unspecified atom stereocenters. The number of hydrogen-bond acceptors (Lipinski definition) is 3. The number of nitrogens with one attached hydrogen (secondary N) is 1. The Balaban J connectivity index is 0.00000124. The summed E-state index contributed by atoms with van der Waals surface area (Å²) >= 11 is 0. The van der Waals surface area contributed by atoms with Gasteiger partial charge >= 0.3 is 12.1 Å². The largest absolute Gasteiger partial charge is 0.479 e. The zero-order valence-electron chi connectivity index (χ0n) is 17.0. The van der Waals surface area contributed by atoms with E-state index in [1.165, 1.54) is 0 Å². The van der Waals surface area contributed by atoms with Crippen LogP contribution < -0.4 is 5.32 Å². The van der Waals surface area contributed by atoms with E-state index in [4.69, 9.17) is 4.74 Å². The average Bonchev–Trinajstić information content (AvgIpc) is 3.11. The smallest absolute Gasteiger partial charge is 0.408 e. The number of carboxylic acid groups (broad SMARTS) is 1. The van der Waals surface area contributed by atoms with Crippen LogP contribution in [0.25, 0.3) is 11.1 Å². The summed E-state index contributed by atoms with van der Waals surface area (Å²) in [6.07, 6.45) is -0.752. The minimum absolute atomic E-state index is 0.0712. The van der Waals surface area contributed by atoms with Crippen molar-refractivity contribution < 1.29 is 19.4 Å². The van der Waals surface area contributed by atoms with E-state index in [1.807, 2.05) is 50.2 Å². The predicted octanol–water partition coefficient (Wildman–Crippen LogP) is 5.38. The van der Waals surface area contributed by atoms with Gasteiger partial charge in [-0.05, 0) is 27.8 Å². The van der Waals surface area contributed by atoms with Crippen molar-refractivity contribution in [1.82, 2.24) is 5.32 Å². The lowest BCUT2D eigenvalue weighted by Crippen LogP contribution is -2.34. The summed E-state index contributed by atoms with van der Waals surface area (Å²) in [5.74, 6) is -1.21. The Morgan fingerprint density at radius 1 is 0.867 bits per heavy atom. The van der Waals surface area contributed by atoms with Crippen molar-refractivity contribution in [3.8, 4) is 11.1 Å². The third-order valence-corrected chi connectivity index (χ3v) is 4.99. The summed E-state index contributed by atoms with van der Waals surface area (Å²) in [6, 6.07) is 23.5. The lowest BCUT2D eigenvalue weighted by Gasteiger charge is -2.17. The van der Waals surface area contributed by atoms with Gasteiger partial charge in [0.15, 0.2) is 6.04 Å². The monoisotopic (exact) mass is 403 g/mol. The van der Waals surface area contributed by atoms with Gasteiger partial charge in [-0.3, -0.25) is 0 Å². The zero-order valence-corrected chi connectivity index (χ0v) is 17.0. The van der Waals surface area contributed by atoms with E-state index in [0.29, 0.717) is 5.56 Å². The number of alkyl carbamates (subject to hydrolysis) is 1. The number of benzene rings is 3. The topological polar surface area (TPSA) is 75.6 Å². The Hall–Kier alpha value is -3.60. The quantitative estimate of drug-likeness (QED) is 0.600. The van der Waals surface area contributed by atoms with Crippen LogP contribution in [0.4, 0.5) is 4.79 Å². The van der Waals surface area contributed by atoms with E-state index < -0.39 is 18.1 Å². The number of amides is 1. The van der Waals surface area contributed by atoms with Crippen LogP contribution >= 0.6 is 0 Å². The van der Waals surface area contributed by atoms with Crippen molar-refractivity contribution in [1.29, 1.82) is 0 Å². The van der Waals surface area contributed by atoms with E-state index >= 15 is 0 Å². The summed E-state index contributed by atoms with van der Waals surface area (Å²) in [5.41, 5.74) is 4.98. The Kier molecular flexibility index (Phi) is 6.86. The zero-order chi connectivity index (χ0) is 21.5. The van der Waals surface area contributed by atoms with Gasteiger partial charge in [-0.2, -0.15) is 0 Å². The lowest BCUT2D eigenvalue weighted by atomic mass is 9.98. The third-order valence-electron chi connectivity index (χ3n) is 4.99. The second-order valence-electron chi connectivity index (χ2n) is 6.65. The number of fused-ring (bicyclic) bond motifs is 3. The van der Waals surface area contributed by atoms with Gasteiger partial charge < -0.3 is 15.2 Å². The molecule has 0 saturated heterocycles. The molecule has 5 heteroatoms. The number of hydrogen-bond donors (Lipinski definition) is 2. The van der Waals surface area contributed by atoms with E-state index in [-0.39, 0.29) is 12.5 Å². The van der Waals surface area contributed by atoms with E-state index in [2.05, 4.69) is 17.4 Å².